The Morgan fingerprint density at radius 1 is 1.23 bits per heavy atom. The largest absolute Gasteiger partial charge is 0.381 e. The zero-order chi connectivity index (χ0) is 18.9. The molecule has 136 valence electrons. The number of benzene rings is 2. The maximum Gasteiger partial charge on any atom is 0.272 e. The average Bonchev–Trinajstić information content (AvgIpc) is 3.01. The Bertz CT molecular complexity index is 1030. The van der Waals surface area contributed by atoms with Crippen molar-refractivity contribution in [1.82, 2.24) is 15.5 Å². The highest BCUT2D eigenvalue weighted by molar-refractivity contribution is 7.70. The van der Waals surface area contributed by atoms with E-state index < -0.39 is 7.14 Å². The summed E-state index contributed by atoms with van der Waals surface area (Å²) in [5.41, 5.74) is 2.45. The summed E-state index contributed by atoms with van der Waals surface area (Å²) in [5, 5.41) is 13.9. The minimum absolute atomic E-state index is 0.279. The first-order valence-corrected chi connectivity index (χ1v) is 10.7. The minimum Gasteiger partial charge on any atom is -0.381 e. The van der Waals surface area contributed by atoms with Crippen molar-refractivity contribution in [3.63, 3.8) is 0 Å². The highest BCUT2D eigenvalue weighted by Crippen LogP contribution is 2.36. The molecular formula is C18H20FN4O2P. The van der Waals surface area contributed by atoms with Gasteiger partial charge < -0.3 is 15.2 Å². The summed E-state index contributed by atoms with van der Waals surface area (Å²) in [6, 6.07) is 9.76. The lowest BCUT2D eigenvalue weighted by Crippen LogP contribution is -2.18. The number of fused-ring (bicyclic) bond motifs is 1. The highest BCUT2D eigenvalue weighted by atomic mass is 31.2. The molecule has 0 fully saturated rings. The number of hydrogen-bond donors (Lipinski definition) is 3. The van der Waals surface area contributed by atoms with E-state index in [0.717, 1.165) is 11.2 Å². The number of nitrogens with one attached hydrogen (secondary N) is 3. The number of aromatic amines is 1. The molecule has 6 nitrogen and oxygen atoms in total. The third-order valence-electron chi connectivity index (χ3n) is 4.11. The van der Waals surface area contributed by atoms with E-state index in [0.29, 0.717) is 28.5 Å². The number of carbonyl (C=O) groups is 1. The van der Waals surface area contributed by atoms with Crippen LogP contribution in [0.3, 0.4) is 0 Å². The van der Waals surface area contributed by atoms with E-state index >= 15 is 0 Å². The molecular weight excluding hydrogens is 354 g/mol. The van der Waals surface area contributed by atoms with Gasteiger partial charge in [-0.1, -0.05) is 0 Å². The summed E-state index contributed by atoms with van der Waals surface area (Å²) >= 11 is 0. The van der Waals surface area contributed by atoms with Gasteiger partial charge >= 0.3 is 0 Å². The van der Waals surface area contributed by atoms with Crippen LogP contribution in [0, 0.1) is 5.82 Å². The van der Waals surface area contributed by atoms with E-state index in [-0.39, 0.29) is 11.7 Å². The third kappa shape index (κ3) is 3.63. The van der Waals surface area contributed by atoms with Crippen LogP contribution in [0.5, 0.6) is 0 Å². The fraction of sp³-hybridized carbons (Fsp3) is 0.222. The molecule has 0 aliphatic heterocycles. The van der Waals surface area contributed by atoms with Gasteiger partial charge in [0.15, 0.2) is 5.69 Å². The molecule has 8 heteroatoms. The van der Waals surface area contributed by atoms with Gasteiger partial charge in [0.25, 0.3) is 5.91 Å². The third-order valence-corrected chi connectivity index (χ3v) is 5.71. The lowest BCUT2D eigenvalue weighted by atomic mass is 10.1. The van der Waals surface area contributed by atoms with Crippen molar-refractivity contribution in [2.45, 2.75) is 6.54 Å². The van der Waals surface area contributed by atoms with Crippen molar-refractivity contribution in [3.8, 4) is 0 Å². The lowest BCUT2D eigenvalue weighted by molar-refractivity contribution is 0.0959. The van der Waals surface area contributed by atoms with Crippen molar-refractivity contribution in [3.05, 3.63) is 53.5 Å². The van der Waals surface area contributed by atoms with Crippen molar-refractivity contribution in [2.75, 3.05) is 25.7 Å². The fourth-order valence-electron chi connectivity index (χ4n) is 2.83. The van der Waals surface area contributed by atoms with Gasteiger partial charge in [-0.2, -0.15) is 5.10 Å². The van der Waals surface area contributed by atoms with Gasteiger partial charge in [-0.15, -0.1) is 0 Å². The molecule has 3 rings (SSSR count). The molecule has 0 radical (unpaired) electrons. The number of H-pyrrole nitrogens is 1. The SMILES string of the molecule is CNC(=O)c1n[nH]c2ccc(NCc3cc(F)ccc3P(C)(C)=O)cc12. The molecule has 0 saturated carbocycles. The molecule has 26 heavy (non-hydrogen) atoms. The van der Waals surface area contributed by atoms with Crippen LogP contribution in [0.15, 0.2) is 36.4 Å². The van der Waals surface area contributed by atoms with Crippen LogP contribution in [0.1, 0.15) is 16.1 Å². The quantitative estimate of drug-likeness (QED) is 0.600. The summed E-state index contributed by atoms with van der Waals surface area (Å²) < 4.78 is 26.1. The van der Waals surface area contributed by atoms with Gasteiger partial charge in [-0.05, 0) is 55.3 Å². The molecule has 3 N–H and O–H groups in total. The first-order valence-electron chi connectivity index (χ1n) is 8.07. The molecule has 0 spiro atoms. The number of rotatable bonds is 5. The zero-order valence-corrected chi connectivity index (χ0v) is 15.7. The Morgan fingerprint density at radius 2 is 2.00 bits per heavy atom. The van der Waals surface area contributed by atoms with E-state index in [1.807, 2.05) is 12.1 Å². The van der Waals surface area contributed by atoms with Gasteiger partial charge in [0.2, 0.25) is 0 Å². The number of carbonyl (C=O) groups excluding carboxylic acids is 1. The van der Waals surface area contributed by atoms with Crippen LogP contribution in [-0.4, -0.2) is 36.5 Å². The second-order valence-electron chi connectivity index (χ2n) is 6.39. The monoisotopic (exact) mass is 374 g/mol. The first kappa shape index (κ1) is 18.1. The molecule has 0 bridgehead atoms. The van der Waals surface area contributed by atoms with Crippen molar-refractivity contribution in [2.24, 2.45) is 0 Å². The summed E-state index contributed by atoms with van der Waals surface area (Å²) in [7, 11) is -0.980. The number of aromatic nitrogens is 2. The molecule has 0 aliphatic rings. The summed E-state index contributed by atoms with van der Waals surface area (Å²) in [5.74, 6) is -0.648. The zero-order valence-electron chi connectivity index (χ0n) is 14.8. The van der Waals surface area contributed by atoms with Crippen molar-refractivity contribution in [1.29, 1.82) is 0 Å². The van der Waals surface area contributed by atoms with Gasteiger partial charge in [-0.25, -0.2) is 4.39 Å². The molecule has 2 aromatic carbocycles. The van der Waals surface area contributed by atoms with Crippen LogP contribution >= 0.6 is 7.14 Å². The van der Waals surface area contributed by atoms with Gasteiger partial charge in [0.05, 0.1) is 5.52 Å². The normalized spacial score (nSPS) is 11.5. The van der Waals surface area contributed by atoms with E-state index in [9.17, 15) is 13.8 Å². The maximum absolute atomic E-state index is 13.6. The standard InChI is InChI=1S/C18H20FN4O2P/c1-20-18(24)17-14-9-13(5-6-15(14)22-23-17)21-10-11-8-12(19)4-7-16(11)26(2,3)25/h4-9,21H,10H2,1-3H3,(H,20,24)(H,22,23). The maximum atomic E-state index is 13.6. The fourth-order valence-corrected chi connectivity index (χ4v) is 4.10. The number of anilines is 1. The predicted molar refractivity (Wildman–Crippen MR) is 102 cm³/mol. The Labute approximate surface area is 150 Å². The summed E-state index contributed by atoms with van der Waals surface area (Å²) in [6.07, 6.45) is 0. The highest BCUT2D eigenvalue weighted by Gasteiger charge is 2.17. The predicted octanol–water partition coefficient (Wildman–Crippen LogP) is 2.92. The minimum atomic E-state index is -2.53. The van der Waals surface area contributed by atoms with E-state index in [2.05, 4.69) is 20.8 Å². The molecule has 0 unspecified atom stereocenters. The smallest absolute Gasteiger partial charge is 0.272 e. The number of halogens is 1. The topological polar surface area (TPSA) is 86.9 Å². The molecule has 1 aromatic heterocycles. The Kier molecular flexibility index (Phi) is 4.83. The second kappa shape index (κ2) is 6.92. The second-order valence-corrected chi connectivity index (χ2v) is 9.57. The molecule has 0 atom stereocenters. The van der Waals surface area contributed by atoms with E-state index in [1.54, 1.807) is 32.5 Å². The molecule has 0 saturated heterocycles. The van der Waals surface area contributed by atoms with Crippen LogP contribution in [-0.2, 0) is 11.1 Å². The summed E-state index contributed by atoms with van der Waals surface area (Å²) in [4.78, 5) is 11.9. The molecule has 0 aliphatic carbocycles. The number of amides is 1. The van der Waals surface area contributed by atoms with Crippen LogP contribution in [0.25, 0.3) is 10.9 Å². The van der Waals surface area contributed by atoms with E-state index in [1.165, 1.54) is 12.1 Å². The molecule has 1 heterocycles. The van der Waals surface area contributed by atoms with Gasteiger partial charge in [0.1, 0.15) is 13.0 Å². The molecule has 3 aromatic rings. The van der Waals surface area contributed by atoms with Crippen LogP contribution < -0.4 is 15.9 Å². The summed E-state index contributed by atoms with van der Waals surface area (Å²) in [6.45, 7) is 3.64. The van der Waals surface area contributed by atoms with Crippen molar-refractivity contribution >= 4 is 34.9 Å². The number of nitrogens with zero attached hydrogens (tertiary/aromatic N) is 1. The molecule has 1 amide bonds. The number of hydrogen-bond acceptors (Lipinski definition) is 4. The van der Waals surface area contributed by atoms with Gasteiger partial charge in [-0.3, -0.25) is 9.89 Å². The van der Waals surface area contributed by atoms with Crippen LogP contribution in [0.2, 0.25) is 0 Å². The Balaban J connectivity index is 1.90. The average molecular weight is 374 g/mol. The first-order chi connectivity index (χ1) is 12.3. The Hall–Kier alpha value is -2.66. The van der Waals surface area contributed by atoms with Crippen molar-refractivity contribution < 1.29 is 13.8 Å². The van der Waals surface area contributed by atoms with E-state index in [4.69, 9.17) is 0 Å². The lowest BCUT2D eigenvalue weighted by Gasteiger charge is -2.15. The Morgan fingerprint density at radius 3 is 2.69 bits per heavy atom. The van der Waals surface area contributed by atoms with Crippen LogP contribution in [0.4, 0.5) is 10.1 Å². The van der Waals surface area contributed by atoms with Gasteiger partial charge in [0, 0.05) is 30.0 Å².